The largest absolute Gasteiger partial charge is 0.366 e. The van der Waals surface area contributed by atoms with Gasteiger partial charge in [0, 0.05) is 24.8 Å². The molecule has 22 heavy (non-hydrogen) atoms. The monoisotopic (exact) mass is 299 g/mol. The molecule has 0 unspecified atom stereocenters. The molecular formula is C16H21N5O. The average Bonchev–Trinajstić information content (AvgIpc) is 3.20. The Hall–Kier alpha value is -2.37. The summed E-state index contributed by atoms with van der Waals surface area (Å²) >= 11 is 0. The van der Waals surface area contributed by atoms with Crippen LogP contribution in [0.2, 0.25) is 0 Å². The summed E-state index contributed by atoms with van der Waals surface area (Å²) < 4.78 is 1.56. The van der Waals surface area contributed by atoms with E-state index in [2.05, 4.69) is 51.5 Å². The predicted octanol–water partition coefficient (Wildman–Crippen LogP) is 1.41. The van der Waals surface area contributed by atoms with E-state index in [1.54, 1.807) is 11.0 Å². The molecule has 0 saturated carbocycles. The van der Waals surface area contributed by atoms with Gasteiger partial charge in [-0.15, -0.1) is 0 Å². The summed E-state index contributed by atoms with van der Waals surface area (Å²) in [5, 5.41) is 7.01. The molecule has 1 aliphatic heterocycles. The molecule has 0 radical (unpaired) electrons. The van der Waals surface area contributed by atoms with Gasteiger partial charge in [-0.1, -0.05) is 18.2 Å². The number of amides is 1. The standard InChI is InChI=1S/C16H21N5O/c1-12(20-8-7-14-5-3-4-6-15(14)20)9-18-16(22)13(2)21-11-17-10-19-21/h3-6,10-13H,7-9H2,1-2H3,(H,18,22)/t12-,13+/m1/s1. The van der Waals surface area contributed by atoms with Gasteiger partial charge in [0.05, 0.1) is 0 Å². The van der Waals surface area contributed by atoms with Gasteiger partial charge in [0.2, 0.25) is 5.91 Å². The number of rotatable bonds is 5. The lowest BCUT2D eigenvalue weighted by molar-refractivity contribution is -0.124. The first-order valence-corrected chi connectivity index (χ1v) is 7.63. The zero-order valence-electron chi connectivity index (χ0n) is 12.9. The molecule has 1 amide bonds. The Kier molecular flexibility index (Phi) is 4.09. The molecule has 0 spiro atoms. The smallest absolute Gasteiger partial charge is 0.244 e. The molecule has 0 aliphatic carbocycles. The molecule has 6 nitrogen and oxygen atoms in total. The first-order chi connectivity index (χ1) is 10.7. The van der Waals surface area contributed by atoms with Crippen molar-refractivity contribution in [2.45, 2.75) is 32.4 Å². The first kappa shape index (κ1) is 14.6. The van der Waals surface area contributed by atoms with Gasteiger partial charge >= 0.3 is 0 Å². The highest BCUT2D eigenvalue weighted by Crippen LogP contribution is 2.28. The van der Waals surface area contributed by atoms with Gasteiger partial charge in [-0.25, -0.2) is 9.67 Å². The van der Waals surface area contributed by atoms with E-state index in [9.17, 15) is 4.79 Å². The Morgan fingerprint density at radius 3 is 2.95 bits per heavy atom. The third kappa shape index (κ3) is 2.81. The van der Waals surface area contributed by atoms with Crippen molar-refractivity contribution in [2.75, 3.05) is 18.0 Å². The lowest BCUT2D eigenvalue weighted by Gasteiger charge is -2.28. The summed E-state index contributed by atoms with van der Waals surface area (Å²) in [7, 11) is 0. The molecule has 2 atom stereocenters. The molecule has 1 aromatic carbocycles. The maximum absolute atomic E-state index is 12.2. The number of para-hydroxylation sites is 1. The van der Waals surface area contributed by atoms with Gasteiger partial charge in [-0.2, -0.15) is 5.10 Å². The number of hydrogen-bond acceptors (Lipinski definition) is 4. The third-order valence-electron chi connectivity index (χ3n) is 4.24. The summed E-state index contributed by atoms with van der Waals surface area (Å²) in [6.45, 7) is 5.59. The van der Waals surface area contributed by atoms with Crippen LogP contribution in [0, 0.1) is 0 Å². The van der Waals surface area contributed by atoms with E-state index in [1.807, 2.05) is 6.92 Å². The SMILES string of the molecule is C[C@H](CNC(=O)[C@H](C)n1cncn1)N1CCc2ccccc21. The van der Waals surface area contributed by atoms with Crippen LogP contribution in [0.25, 0.3) is 0 Å². The second kappa shape index (κ2) is 6.17. The molecule has 3 rings (SSSR count). The van der Waals surface area contributed by atoms with Gasteiger partial charge < -0.3 is 10.2 Å². The molecule has 0 saturated heterocycles. The number of aromatic nitrogens is 3. The van der Waals surface area contributed by atoms with Crippen LogP contribution in [0.4, 0.5) is 5.69 Å². The van der Waals surface area contributed by atoms with E-state index >= 15 is 0 Å². The zero-order valence-corrected chi connectivity index (χ0v) is 12.9. The highest BCUT2D eigenvalue weighted by atomic mass is 16.2. The average molecular weight is 299 g/mol. The number of anilines is 1. The summed E-state index contributed by atoms with van der Waals surface area (Å²) in [5.74, 6) is -0.0372. The molecule has 1 aliphatic rings. The number of fused-ring (bicyclic) bond motifs is 1. The van der Waals surface area contributed by atoms with Crippen LogP contribution in [-0.4, -0.2) is 39.8 Å². The summed E-state index contributed by atoms with van der Waals surface area (Å²) in [6.07, 6.45) is 4.07. The second-order valence-electron chi connectivity index (χ2n) is 5.72. The number of carbonyl (C=O) groups is 1. The van der Waals surface area contributed by atoms with Crippen molar-refractivity contribution in [2.24, 2.45) is 0 Å². The Balaban J connectivity index is 1.57. The molecule has 0 bridgehead atoms. The van der Waals surface area contributed by atoms with Crippen molar-refractivity contribution in [3.05, 3.63) is 42.5 Å². The Morgan fingerprint density at radius 1 is 1.36 bits per heavy atom. The minimum Gasteiger partial charge on any atom is -0.366 e. The Morgan fingerprint density at radius 2 is 2.18 bits per heavy atom. The first-order valence-electron chi connectivity index (χ1n) is 7.63. The summed E-state index contributed by atoms with van der Waals surface area (Å²) in [4.78, 5) is 18.4. The highest BCUT2D eigenvalue weighted by molar-refractivity contribution is 5.79. The summed E-state index contributed by atoms with van der Waals surface area (Å²) in [5.41, 5.74) is 2.67. The van der Waals surface area contributed by atoms with E-state index in [-0.39, 0.29) is 18.0 Å². The van der Waals surface area contributed by atoms with Gasteiger partial charge in [0.15, 0.2) is 0 Å². The van der Waals surface area contributed by atoms with Gasteiger partial charge in [0.25, 0.3) is 0 Å². The van der Waals surface area contributed by atoms with Crippen molar-refractivity contribution < 1.29 is 4.79 Å². The van der Waals surface area contributed by atoms with Gasteiger partial charge in [0.1, 0.15) is 18.7 Å². The van der Waals surface area contributed by atoms with E-state index in [4.69, 9.17) is 0 Å². The summed E-state index contributed by atoms with van der Waals surface area (Å²) in [6, 6.07) is 8.38. The van der Waals surface area contributed by atoms with Crippen LogP contribution in [0.3, 0.4) is 0 Å². The quantitative estimate of drug-likeness (QED) is 0.906. The second-order valence-corrected chi connectivity index (χ2v) is 5.72. The maximum atomic E-state index is 12.2. The lowest BCUT2D eigenvalue weighted by Crippen LogP contribution is -2.43. The van der Waals surface area contributed by atoms with Crippen LogP contribution in [0.15, 0.2) is 36.9 Å². The highest BCUT2D eigenvalue weighted by Gasteiger charge is 2.24. The predicted molar refractivity (Wildman–Crippen MR) is 84.7 cm³/mol. The minimum absolute atomic E-state index is 0.0372. The molecule has 2 heterocycles. The third-order valence-corrected chi connectivity index (χ3v) is 4.24. The number of benzene rings is 1. The molecule has 1 aromatic heterocycles. The number of nitrogens with zero attached hydrogens (tertiary/aromatic N) is 4. The lowest BCUT2D eigenvalue weighted by atomic mass is 10.2. The van der Waals surface area contributed by atoms with E-state index in [0.717, 1.165) is 13.0 Å². The van der Waals surface area contributed by atoms with Crippen LogP contribution in [0.5, 0.6) is 0 Å². The number of hydrogen-bond donors (Lipinski definition) is 1. The molecule has 116 valence electrons. The molecular weight excluding hydrogens is 278 g/mol. The van der Waals surface area contributed by atoms with Crippen LogP contribution < -0.4 is 10.2 Å². The van der Waals surface area contributed by atoms with Crippen LogP contribution in [0.1, 0.15) is 25.5 Å². The molecule has 6 heteroatoms. The van der Waals surface area contributed by atoms with Crippen molar-refractivity contribution in [1.29, 1.82) is 0 Å². The number of carbonyl (C=O) groups excluding carboxylic acids is 1. The van der Waals surface area contributed by atoms with Crippen LogP contribution in [-0.2, 0) is 11.2 Å². The fourth-order valence-corrected chi connectivity index (χ4v) is 2.87. The van der Waals surface area contributed by atoms with Crippen LogP contribution >= 0.6 is 0 Å². The fourth-order valence-electron chi connectivity index (χ4n) is 2.87. The zero-order chi connectivity index (χ0) is 15.5. The topological polar surface area (TPSA) is 63.1 Å². The van der Waals surface area contributed by atoms with E-state index in [0.29, 0.717) is 6.54 Å². The molecule has 0 fully saturated rings. The van der Waals surface area contributed by atoms with E-state index in [1.165, 1.54) is 17.6 Å². The Bertz CT molecular complexity index is 640. The van der Waals surface area contributed by atoms with Crippen molar-refractivity contribution in [1.82, 2.24) is 20.1 Å². The Labute approximate surface area is 130 Å². The van der Waals surface area contributed by atoms with Crippen molar-refractivity contribution in [3.63, 3.8) is 0 Å². The number of nitrogens with one attached hydrogen (secondary N) is 1. The molecule has 1 N–H and O–H groups in total. The van der Waals surface area contributed by atoms with Crippen molar-refractivity contribution in [3.8, 4) is 0 Å². The minimum atomic E-state index is -0.347. The molecule has 2 aromatic rings. The normalized spacial score (nSPS) is 16.2. The van der Waals surface area contributed by atoms with E-state index < -0.39 is 0 Å². The van der Waals surface area contributed by atoms with Gasteiger partial charge in [-0.05, 0) is 31.9 Å². The fraction of sp³-hybridized carbons (Fsp3) is 0.438. The van der Waals surface area contributed by atoms with Gasteiger partial charge in [-0.3, -0.25) is 4.79 Å². The van der Waals surface area contributed by atoms with Crippen molar-refractivity contribution >= 4 is 11.6 Å². The maximum Gasteiger partial charge on any atom is 0.244 e.